The van der Waals surface area contributed by atoms with E-state index in [9.17, 15) is 5.11 Å². The predicted octanol–water partition coefficient (Wildman–Crippen LogP) is -0.351. The minimum absolute atomic E-state index is 0.0230. The summed E-state index contributed by atoms with van der Waals surface area (Å²) in [6.07, 6.45) is 0. The molecule has 0 amide bonds. The minimum Gasteiger partial charge on any atom is -0.395 e. The van der Waals surface area contributed by atoms with Gasteiger partial charge in [0.2, 0.25) is 0 Å². The molecule has 1 rings (SSSR count). The molecule has 0 unspecified atom stereocenters. The second-order valence-electron chi connectivity index (χ2n) is 3.31. The minimum atomic E-state index is -0.0230. The van der Waals surface area contributed by atoms with Gasteiger partial charge in [0.05, 0.1) is 18.9 Å². The van der Waals surface area contributed by atoms with E-state index in [1.54, 1.807) is 4.68 Å². The number of anilines is 1. The van der Waals surface area contributed by atoms with Gasteiger partial charge in [-0.3, -0.25) is 4.68 Å². The summed E-state index contributed by atoms with van der Waals surface area (Å²) in [6.45, 7) is 2.46. The van der Waals surface area contributed by atoms with Crippen molar-refractivity contribution in [1.29, 1.82) is 0 Å². The van der Waals surface area contributed by atoms with Gasteiger partial charge in [0.15, 0.2) is 0 Å². The number of aliphatic hydroxyl groups is 2. The number of aryl methyl sites for hydroxylation is 2. The lowest BCUT2D eigenvalue weighted by Crippen LogP contribution is -2.24. The van der Waals surface area contributed by atoms with Gasteiger partial charge in [-0.05, 0) is 6.92 Å². The van der Waals surface area contributed by atoms with E-state index in [2.05, 4.69) is 5.10 Å². The van der Waals surface area contributed by atoms with E-state index >= 15 is 0 Å². The van der Waals surface area contributed by atoms with E-state index in [0.29, 0.717) is 6.54 Å². The fourth-order valence-electron chi connectivity index (χ4n) is 1.61. The Morgan fingerprint density at radius 2 is 2.07 bits per heavy atom. The van der Waals surface area contributed by atoms with Crippen molar-refractivity contribution in [2.24, 2.45) is 7.05 Å². The summed E-state index contributed by atoms with van der Waals surface area (Å²) in [5.41, 5.74) is 1.65. The van der Waals surface area contributed by atoms with Crippen LogP contribution in [-0.2, 0) is 13.7 Å². The molecule has 1 aromatic heterocycles. The van der Waals surface area contributed by atoms with Crippen molar-refractivity contribution >= 4 is 5.82 Å². The average molecular weight is 199 g/mol. The second kappa shape index (κ2) is 4.43. The maximum absolute atomic E-state index is 9.19. The third-order valence-electron chi connectivity index (χ3n) is 2.27. The molecule has 5 heteroatoms. The zero-order valence-electron chi connectivity index (χ0n) is 8.86. The van der Waals surface area contributed by atoms with Crippen molar-refractivity contribution in [3.8, 4) is 0 Å². The molecule has 5 nitrogen and oxygen atoms in total. The van der Waals surface area contributed by atoms with Crippen LogP contribution < -0.4 is 4.90 Å². The molecule has 0 bridgehead atoms. The molecular formula is C9H17N3O2. The summed E-state index contributed by atoms with van der Waals surface area (Å²) >= 11 is 0. The van der Waals surface area contributed by atoms with E-state index in [0.717, 1.165) is 17.1 Å². The fourth-order valence-corrected chi connectivity index (χ4v) is 1.61. The van der Waals surface area contributed by atoms with Gasteiger partial charge in [-0.1, -0.05) is 0 Å². The predicted molar refractivity (Wildman–Crippen MR) is 54.2 cm³/mol. The van der Waals surface area contributed by atoms with Crippen molar-refractivity contribution in [1.82, 2.24) is 9.78 Å². The lowest BCUT2D eigenvalue weighted by atomic mass is 10.2. The molecule has 0 aliphatic carbocycles. The number of nitrogens with zero attached hydrogens (tertiary/aromatic N) is 3. The molecule has 0 aliphatic heterocycles. The summed E-state index contributed by atoms with van der Waals surface area (Å²) in [5, 5.41) is 22.2. The largest absolute Gasteiger partial charge is 0.395 e. The Bertz CT molecular complexity index is 309. The molecule has 0 spiro atoms. The fraction of sp³-hybridized carbons (Fsp3) is 0.667. The van der Waals surface area contributed by atoms with Crippen LogP contribution in [0.25, 0.3) is 0 Å². The normalized spacial score (nSPS) is 10.6. The molecule has 1 heterocycles. The summed E-state index contributed by atoms with van der Waals surface area (Å²) in [4.78, 5) is 1.88. The molecule has 14 heavy (non-hydrogen) atoms. The lowest BCUT2D eigenvalue weighted by Gasteiger charge is -2.19. The first-order chi connectivity index (χ1) is 6.61. The van der Waals surface area contributed by atoms with E-state index in [1.165, 1.54) is 0 Å². The van der Waals surface area contributed by atoms with Gasteiger partial charge in [0.25, 0.3) is 0 Å². The summed E-state index contributed by atoms with van der Waals surface area (Å²) in [5.74, 6) is 0.860. The van der Waals surface area contributed by atoms with E-state index < -0.39 is 0 Å². The Labute approximate surface area is 83.6 Å². The van der Waals surface area contributed by atoms with E-state index in [1.807, 2.05) is 25.9 Å². The highest BCUT2D eigenvalue weighted by Crippen LogP contribution is 2.21. The topological polar surface area (TPSA) is 61.5 Å². The highest BCUT2D eigenvalue weighted by Gasteiger charge is 2.15. The Morgan fingerprint density at radius 1 is 1.43 bits per heavy atom. The highest BCUT2D eigenvalue weighted by atomic mass is 16.3. The first kappa shape index (κ1) is 11.0. The van der Waals surface area contributed by atoms with E-state index in [4.69, 9.17) is 5.11 Å². The quantitative estimate of drug-likeness (QED) is 0.696. The van der Waals surface area contributed by atoms with Crippen LogP contribution in [0.2, 0.25) is 0 Å². The monoisotopic (exact) mass is 199 g/mol. The Morgan fingerprint density at radius 3 is 2.57 bits per heavy atom. The van der Waals surface area contributed by atoms with Crippen LogP contribution in [-0.4, -0.2) is 40.2 Å². The van der Waals surface area contributed by atoms with Gasteiger partial charge in [-0.2, -0.15) is 5.10 Å². The van der Waals surface area contributed by atoms with Crippen molar-refractivity contribution in [3.05, 3.63) is 11.3 Å². The van der Waals surface area contributed by atoms with Crippen molar-refractivity contribution < 1.29 is 10.2 Å². The summed E-state index contributed by atoms with van der Waals surface area (Å²) < 4.78 is 1.72. The van der Waals surface area contributed by atoms with Crippen LogP contribution in [0.3, 0.4) is 0 Å². The van der Waals surface area contributed by atoms with Crippen molar-refractivity contribution in [3.63, 3.8) is 0 Å². The van der Waals surface area contributed by atoms with Crippen LogP contribution >= 0.6 is 0 Å². The van der Waals surface area contributed by atoms with Crippen molar-refractivity contribution in [2.75, 3.05) is 25.1 Å². The van der Waals surface area contributed by atoms with E-state index in [-0.39, 0.29) is 13.2 Å². The van der Waals surface area contributed by atoms with Crippen LogP contribution in [0.15, 0.2) is 0 Å². The van der Waals surface area contributed by atoms with Crippen LogP contribution in [0.1, 0.15) is 11.3 Å². The molecule has 0 aliphatic rings. The maximum Gasteiger partial charge on any atom is 0.132 e. The van der Waals surface area contributed by atoms with Gasteiger partial charge in [0, 0.05) is 26.2 Å². The first-order valence-corrected chi connectivity index (χ1v) is 4.57. The van der Waals surface area contributed by atoms with Gasteiger partial charge >= 0.3 is 0 Å². The van der Waals surface area contributed by atoms with Crippen LogP contribution in [0, 0.1) is 6.92 Å². The molecule has 0 fully saturated rings. The molecule has 0 aromatic carbocycles. The summed E-state index contributed by atoms with van der Waals surface area (Å²) in [6, 6.07) is 0. The van der Waals surface area contributed by atoms with Crippen LogP contribution in [0.4, 0.5) is 5.82 Å². The maximum atomic E-state index is 9.19. The molecule has 2 N–H and O–H groups in total. The standard InChI is InChI=1S/C9H17N3O2/c1-7-8(6-14)9(12(3)10-7)11(2)4-5-13/h13-14H,4-6H2,1-3H3. The molecule has 0 radical (unpaired) electrons. The van der Waals surface area contributed by atoms with Gasteiger partial charge in [-0.25, -0.2) is 0 Å². The Balaban J connectivity index is 3.04. The number of rotatable bonds is 4. The van der Waals surface area contributed by atoms with Gasteiger partial charge in [-0.15, -0.1) is 0 Å². The molecule has 0 saturated carbocycles. The Hall–Kier alpha value is -1.07. The third-order valence-corrected chi connectivity index (χ3v) is 2.27. The van der Waals surface area contributed by atoms with Gasteiger partial charge < -0.3 is 15.1 Å². The second-order valence-corrected chi connectivity index (χ2v) is 3.31. The summed E-state index contributed by atoms with van der Waals surface area (Å²) in [7, 11) is 3.70. The number of hydrogen-bond donors (Lipinski definition) is 2. The number of aliphatic hydroxyl groups excluding tert-OH is 2. The highest BCUT2D eigenvalue weighted by molar-refractivity contribution is 5.49. The lowest BCUT2D eigenvalue weighted by molar-refractivity contribution is 0.280. The zero-order valence-corrected chi connectivity index (χ0v) is 8.86. The Kier molecular flexibility index (Phi) is 3.49. The number of hydrogen-bond acceptors (Lipinski definition) is 4. The first-order valence-electron chi connectivity index (χ1n) is 4.57. The molecule has 0 saturated heterocycles. The molecule has 1 aromatic rings. The molecule has 0 atom stereocenters. The molecular weight excluding hydrogens is 182 g/mol. The smallest absolute Gasteiger partial charge is 0.132 e. The molecule has 80 valence electrons. The third kappa shape index (κ3) is 1.88. The van der Waals surface area contributed by atoms with Crippen LogP contribution in [0.5, 0.6) is 0 Å². The SMILES string of the molecule is Cc1nn(C)c(N(C)CCO)c1CO. The zero-order chi connectivity index (χ0) is 10.7. The number of aromatic nitrogens is 2. The van der Waals surface area contributed by atoms with Crippen molar-refractivity contribution in [2.45, 2.75) is 13.5 Å². The average Bonchev–Trinajstić information content (AvgIpc) is 2.40. The van der Waals surface area contributed by atoms with Gasteiger partial charge in [0.1, 0.15) is 5.82 Å². The number of likely N-dealkylation sites (N-methyl/N-ethyl adjacent to an activating group) is 1.